The van der Waals surface area contributed by atoms with Gasteiger partial charge in [0.15, 0.2) is 0 Å². The Morgan fingerprint density at radius 3 is 2.48 bits per heavy atom. The topological polar surface area (TPSA) is 85.2 Å². The molecule has 3 aromatic rings. The van der Waals surface area contributed by atoms with Crippen LogP contribution in [0.2, 0.25) is 0 Å². The molecule has 0 aliphatic rings. The minimum atomic E-state index is -0.616. The highest BCUT2D eigenvalue weighted by atomic mass is 32.1. The van der Waals surface area contributed by atoms with Crippen molar-refractivity contribution in [2.75, 3.05) is 19.8 Å². The van der Waals surface area contributed by atoms with Crippen molar-refractivity contribution < 1.29 is 14.3 Å². The molecule has 0 saturated carbocycles. The van der Waals surface area contributed by atoms with Crippen molar-refractivity contribution in [3.63, 3.8) is 0 Å². The number of fused-ring (bicyclic) bond motifs is 1. The van der Waals surface area contributed by atoms with Crippen molar-refractivity contribution in [1.82, 2.24) is 20.2 Å². The van der Waals surface area contributed by atoms with Crippen LogP contribution >= 0.6 is 11.3 Å². The van der Waals surface area contributed by atoms with Crippen LogP contribution in [0.3, 0.4) is 0 Å². The average Bonchev–Trinajstić information content (AvgIpc) is 3.67. The van der Waals surface area contributed by atoms with Gasteiger partial charge in [0.25, 0.3) is 5.91 Å². The third-order valence-electron chi connectivity index (χ3n) is 7.36. The van der Waals surface area contributed by atoms with E-state index in [1.807, 2.05) is 64.1 Å². The predicted octanol–water partition coefficient (Wildman–Crippen LogP) is 8.27. The molecule has 0 radical (unpaired) electrons. The summed E-state index contributed by atoms with van der Waals surface area (Å²) in [5.74, 6) is 0.829. The zero-order valence-corrected chi connectivity index (χ0v) is 28.9. The molecule has 0 aliphatic carbocycles. The number of nitrogens with zero attached hydrogens (tertiary/aromatic N) is 2. The van der Waals surface area contributed by atoms with E-state index in [0.717, 1.165) is 41.7 Å². The molecule has 8 heteroatoms. The van der Waals surface area contributed by atoms with Crippen LogP contribution in [0.1, 0.15) is 108 Å². The third-order valence-corrected chi connectivity index (χ3v) is 8.24. The SMILES string of the molecule is C/C=C\C(=C/C)COCCCNC(=O)[C@H](CC(C)C)NC(=O)c1ccc2c(c1)nc(Cc1cccs1)n2C(CC)CC.CC. The van der Waals surface area contributed by atoms with E-state index in [1.165, 1.54) is 4.88 Å². The molecule has 2 aromatic heterocycles. The van der Waals surface area contributed by atoms with Crippen LogP contribution < -0.4 is 10.6 Å². The maximum absolute atomic E-state index is 13.4. The van der Waals surface area contributed by atoms with Crippen LogP contribution in [0.25, 0.3) is 11.0 Å². The van der Waals surface area contributed by atoms with E-state index in [9.17, 15) is 9.59 Å². The fraction of sp³-hybridized carbons (Fsp3) is 0.528. The summed E-state index contributed by atoms with van der Waals surface area (Å²) in [7, 11) is 0. The third kappa shape index (κ3) is 11.0. The fourth-order valence-corrected chi connectivity index (χ4v) is 5.83. The van der Waals surface area contributed by atoms with Gasteiger partial charge in [-0.1, -0.05) is 65.8 Å². The second-order valence-corrected chi connectivity index (χ2v) is 12.1. The first-order valence-electron chi connectivity index (χ1n) is 16.3. The van der Waals surface area contributed by atoms with Crippen LogP contribution in [0, 0.1) is 5.92 Å². The summed E-state index contributed by atoms with van der Waals surface area (Å²) in [6.07, 6.45) is 10.1. The summed E-state index contributed by atoms with van der Waals surface area (Å²) in [4.78, 5) is 32.7. The highest BCUT2D eigenvalue weighted by Gasteiger charge is 2.24. The van der Waals surface area contributed by atoms with Crippen molar-refractivity contribution in [3.05, 3.63) is 75.8 Å². The first-order chi connectivity index (χ1) is 21.3. The summed E-state index contributed by atoms with van der Waals surface area (Å²) >= 11 is 1.73. The molecule has 242 valence electrons. The van der Waals surface area contributed by atoms with Crippen LogP contribution in [0.15, 0.2) is 59.5 Å². The smallest absolute Gasteiger partial charge is 0.252 e. The number of carbonyl (C=O) groups is 2. The number of benzene rings is 1. The average molecular weight is 623 g/mol. The summed E-state index contributed by atoms with van der Waals surface area (Å²) in [6, 6.07) is 9.63. The normalized spacial score (nSPS) is 12.5. The maximum atomic E-state index is 13.4. The Bertz CT molecular complexity index is 1340. The molecular weight excluding hydrogens is 568 g/mol. The zero-order chi connectivity index (χ0) is 32.5. The first-order valence-corrected chi connectivity index (χ1v) is 17.2. The predicted molar refractivity (Wildman–Crippen MR) is 186 cm³/mol. The number of carbonyl (C=O) groups excluding carboxylic acids is 2. The van der Waals surface area contributed by atoms with E-state index in [2.05, 4.69) is 60.4 Å². The minimum absolute atomic E-state index is 0.169. The van der Waals surface area contributed by atoms with Gasteiger partial charge in [-0.25, -0.2) is 4.98 Å². The molecule has 0 fully saturated rings. The van der Waals surface area contributed by atoms with Gasteiger partial charge in [0.05, 0.1) is 17.6 Å². The lowest BCUT2D eigenvalue weighted by Gasteiger charge is -2.20. The molecular formula is C36H54N4O3S. The van der Waals surface area contributed by atoms with Crippen molar-refractivity contribution >= 4 is 34.2 Å². The number of ether oxygens (including phenoxy) is 1. The molecule has 3 rings (SSSR count). The van der Waals surface area contributed by atoms with E-state index in [0.29, 0.717) is 44.2 Å². The quantitative estimate of drug-likeness (QED) is 0.117. The van der Waals surface area contributed by atoms with Gasteiger partial charge in [-0.3, -0.25) is 9.59 Å². The molecule has 1 aromatic carbocycles. The molecule has 0 aliphatic heterocycles. The Hall–Kier alpha value is -3.23. The van der Waals surface area contributed by atoms with Crippen molar-refractivity contribution in [1.29, 1.82) is 0 Å². The van der Waals surface area contributed by atoms with Crippen LogP contribution in [0.5, 0.6) is 0 Å². The number of hydrogen-bond donors (Lipinski definition) is 2. The minimum Gasteiger partial charge on any atom is -0.377 e. The molecule has 2 heterocycles. The lowest BCUT2D eigenvalue weighted by atomic mass is 10.0. The molecule has 44 heavy (non-hydrogen) atoms. The van der Waals surface area contributed by atoms with Crippen LogP contribution in [-0.2, 0) is 16.0 Å². The number of amides is 2. The Morgan fingerprint density at radius 1 is 1.11 bits per heavy atom. The largest absolute Gasteiger partial charge is 0.377 e. The second kappa shape index (κ2) is 19.9. The van der Waals surface area contributed by atoms with Crippen molar-refractivity contribution in [2.24, 2.45) is 5.92 Å². The summed E-state index contributed by atoms with van der Waals surface area (Å²) in [5.41, 5.74) is 3.48. The number of nitrogens with one attached hydrogen (secondary N) is 2. The molecule has 0 bridgehead atoms. The van der Waals surface area contributed by atoms with E-state index < -0.39 is 6.04 Å². The van der Waals surface area contributed by atoms with Gasteiger partial charge in [0.2, 0.25) is 5.91 Å². The van der Waals surface area contributed by atoms with Gasteiger partial charge < -0.3 is 19.9 Å². The lowest BCUT2D eigenvalue weighted by molar-refractivity contribution is -0.123. The van der Waals surface area contributed by atoms with Gasteiger partial charge in [-0.2, -0.15) is 0 Å². The number of imidazole rings is 1. The maximum Gasteiger partial charge on any atom is 0.252 e. The van der Waals surface area contributed by atoms with E-state index in [1.54, 1.807) is 11.3 Å². The number of aromatic nitrogens is 2. The zero-order valence-electron chi connectivity index (χ0n) is 28.1. The molecule has 0 saturated heterocycles. The highest BCUT2D eigenvalue weighted by molar-refractivity contribution is 7.09. The fourth-order valence-electron chi connectivity index (χ4n) is 5.13. The number of rotatable bonds is 17. The van der Waals surface area contributed by atoms with Gasteiger partial charge in [0, 0.05) is 36.1 Å². The molecule has 2 amide bonds. The monoisotopic (exact) mass is 622 g/mol. The Balaban J connectivity index is 0.00000330. The summed E-state index contributed by atoms with van der Waals surface area (Å²) in [5, 5.41) is 8.06. The second-order valence-electron chi connectivity index (χ2n) is 11.0. The molecule has 7 nitrogen and oxygen atoms in total. The van der Waals surface area contributed by atoms with Gasteiger partial charge >= 0.3 is 0 Å². The van der Waals surface area contributed by atoms with Crippen LogP contribution in [-0.4, -0.2) is 47.2 Å². The highest BCUT2D eigenvalue weighted by Crippen LogP contribution is 2.28. The van der Waals surface area contributed by atoms with Gasteiger partial charge in [-0.15, -0.1) is 11.3 Å². The molecule has 2 N–H and O–H groups in total. The number of thiophene rings is 1. The van der Waals surface area contributed by atoms with Gasteiger partial charge in [-0.05, 0) is 80.7 Å². The van der Waals surface area contributed by atoms with E-state index in [4.69, 9.17) is 9.72 Å². The molecule has 1 atom stereocenters. The van der Waals surface area contributed by atoms with Crippen LogP contribution in [0.4, 0.5) is 0 Å². The standard InChI is InChI=1S/C34H48N4O3S.C2H6/c1-7-13-25(8-2)23-41-18-12-17-35-34(40)30(20-24(5)6)37-33(39)26-15-16-31-29(21-26)36-32(22-28-14-11-19-42-28)38(31)27(9-3)10-4;1-2/h7-8,11,13-16,19,21,24,27,30H,9-10,12,17-18,20,22-23H2,1-6H3,(H,35,40)(H,37,39);1-2H3/b13-7-,25-8+;/t30-;/m0./s1. The van der Waals surface area contributed by atoms with Gasteiger partial charge in [0.1, 0.15) is 11.9 Å². The first kappa shape index (κ1) is 37.0. The Morgan fingerprint density at radius 2 is 1.86 bits per heavy atom. The van der Waals surface area contributed by atoms with Crippen molar-refractivity contribution in [3.8, 4) is 0 Å². The summed E-state index contributed by atoms with van der Waals surface area (Å²) < 4.78 is 8.07. The molecule has 0 unspecified atom stereocenters. The number of hydrogen-bond acceptors (Lipinski definition) is 5. The lowest BCUT2D eigenvalue weighted by Crippen LogP contribution is -2.47. The number of allylic oxidation sites excluding steroid dienone is 2. The van der Waals surface area contributed by atoms with E-state index in [-0.39, 0.29) is 17.7 Å². The van der Waals surface area contributed by atoms with Crippen molar-refractivity contribution in [2.45, 2.75) is 99.6 Å². The van der Waals surface area contributed by atoms with E-state index >= 15 is 0 Å². The summed E-state index contributed by atoms with van der Waals surface area (Å²) in [6.45, 7) is 18.1. The Labute approximate surface area is 269 Å². The molecule has 0 spiro atoms. The Kier molecular flexibility index (Phi) is 16.7.